The summed E-state index contributed by atoms with van der Waals surface area (Å²) in [6, 6.07) is 9.55. The van der Waals surface area contributed by atoms with E-state index in [0.29, 0.717) is 0 Å². The molecule has 0 N–H and O–H groups in total. The van der Waals surface area contributed by atoms with Gasteiger partial charge in [0.2, 0.25) is 0 Å². The second-order valence-electron chi connectivity index (χ2n) is 11.3. The van der Waals surface area contributed by atoms with Crippen LogP contribution in [0.15, 0.2) is 24.3 Å². The van der Waals surface area contributed by atoms with E-state index in [-0.39, 0.29) is 0 Å². The van der Waals surface area contributed by atoms with Crippen molar-refractivity contribution in [3.63, 3.8) is 0 Å². The van der Waals surface area contributed by atoms with E-state index in [1.807, 2.05) is 0 Å². The summed E-state index contributed by atoms with van der Waals surface area (Å²) in [6.45, 7) is 4.61. The molecule has 0 aliphatic heterocycles. The van der Waals surface area contributed by atoms with Crippen LogP contribution in [-0.2, 0) is 12.8 Å². The van der Waals surface area contributed by atoms with Gasteiger partial charge in [0.15, 0.2) is 0 Å². The summed E-state index contributed by atoms with van der Waals surface area (Å²) >= 11 is 0. The molecule has 0 heteroatoms. The molecule has 0 unspecified atom stereocenters. The minimum Gasteiger partial charge on any atom is -0.0654 e. The van der Waals surface area contributed by atoms with Crippen molar-refractivity contribution in [3.05, 3.63) is 35.4 Å². The van der Waals surface area contributed by atoms with Gasteiger partial charge in [-0.3, -0.25) is 0 Å². The number of aryl methyl sites for hydroxylation is 2. The second-order valence-corrected chi connectivity index (χ2v) is 11.3. The first-order valence-electron chi connectivity index (χ1n) is 14.3. The highest BCUT2D eigenvalue weighted by atomic mass is 14.3. The molecule has 0 heterocycles. The Morgan fingerprint density at radius 2 is 0.903 bits per heavy atom. The van der Waals surface area contributed by atoms with E-state index in [4.69, 9.17) is 0 Å². The van der Waals surface area contributed by atoms with Gasteiger partial charge in [-0.1, -0.05) is 134 Å². The van der Waals surface area contributed by atoms with E-state index in [1.54, 1.807) is 37.7 Å². The molecule has 3 rings (SSSR count). The van der Waals surface area contributed by atoms with Crippen LogP contribution in [0.4, 0.5) is 0 Å². The van der Waals surface area contributed by atoms with Gasteiger partial charge in [0.1, 0.15) is 0 Å². The molecule has 0 nitrogen and oxygen atoms in total. The van der Waals surface area contributed by atoms with Crippen LogP contribution in [0.25, 0.3) is 0 Å². The minimum absolute atomic E-state index is 0.995. The Balaban J connectivity index is 1.24. The number of hydrogen-bond donors (Lipinski definition) is 0. The predicted octanol–water partition coefficient (Wildman–Crippen LogP) is 9.94. The third-order valence-electron chi connectivity index (χ3n) is 8.81. The molecular formula is C31H52. The van der Waals surface area contributed by atoms with Crippen LogP contribution in [-0.4, -0.2) is 0 Å². The molecule has 0 aromatic heterocycles. The maximum absolute atomic E-state index is 2.40. The van der Waals surface area contributed by atoms with Crippen LogP contribution in [0, 0.1) is 23.7 Å². The molecule has 0 amide bonds. The Hall–Kier alpha value is -0.780. The molecule has 176 valence electrons. The zero-order chi connectivity index (χ0) is 21.7. The molecular weight excluding hydrogens is 372 g/mol. The molecule has 1 aromatic rings. The molecule has 2 saturated carbocycles. The van der Waals surface area contributed by atoms with E-state index in [9.17, 15) is 0 Å². The van der Waals surface area contributed by atoms with Crippen molar-refractivity contribution in [3.8, 4) is 0 Å². The highest BCUT2D eigenvalue weighted by molar-refractivity contribution is 5.22. The van der Waals surface area contributed by atoms with Crippen LogP contribution < -0.4 is 0 Å². The van der Waals surface area contributed by atoms with Crippen molar-refractivity contribution in [2.45, 2.75) is 136 Å². The summed E-state index contributed by atoms with van der Waals surface area (Å²) < 4.78 is 0. The van der Waals surface area contributed by atoms with E-state index in [0.717, 1.165) is 23.7 Å². The minimum atomic E-state index is 0.995. The van der Waals surface area contributed by atoms with E-state index >= 15 is 0 Å². The largest absolute Gasteiger partial charge is 0.0654 e. The lowest BCUT2D eigenvalue weighted by Gasteiger charge is -2.32. The van der Waals surface area contributed by atoms with Gasteiger partial charge in [-0.2, -0.15) is 0 Å². The van der Waals surface area contributed by atoms with Crippen LogP contribution in [0.1, 0.15) is 134 Å². The predicted molar refractivity (Wildman–Crippen MR) is 138 cm³/mol. The van der Waals surface area contributed by atoms with Crippen molar-refractivity contribution >= 4 is 0 Å². The third kappa shape index (κ3) is 9.31. The number of rotatable bonds is 13. The molecule has 0 bridgehead atoms. The first-order chi connectivity index (χ1) is 15.3. The van der Waals surface area contributed by atoms with Crippen molar-refractivity contribution in [2.75, 3.05) is 0 Å². The molecule has 31 heavy (non-hydrogen) atoms. The lowest BCUT2D eigenvalue weighted by molar-refractivity contribution is 0.208. The first-order valence-corrected chi connectivity index (χ1v) is 14.3. The van der Waals surface area contributed by atoms with Crippen molar-refractivity contribution in [2.24, 2.45) is 23.7 Å². The fraction of sp³-hybridized carbons (Fsp3) is 0.806. The Kier molecular flexibility index (Phi) is 11.5. The average molecular weight is 425 g/mol. The maximum atomic E-state index is 2.40. The number of unbranched alkanes of at least 4 members (excludes halogenated alkanes) is 3. The normalized spacial score (nSPS) is 26.8. The second kappa shape index (κ2) is 14.4. The van der Waals surface area contributed by atoms with Gasteiger partial charge in [-0.25, -0.2) is 0 Å². The van der Waals surface area contributed by atoms with Gasteiger partial charge >= 0.3 is 0 Å². The molecule has 0 saturated heterocycles. The fourth-order valence-corrected chi connectivity index (χ4v) is 6.40. The summed E-state index contributed by atoms with van der Waals surface area (Å²) in [5.41, 5.74) is 3.09. The van der Waals surface area contributed by atoms with Crippen LogP contribution >= 0.6 is 0 Å². The van der Waals surface area contributed by atoms with E-state index in [1.165, 1.54) is 95.5 Å². The van der Waals surface area contributed by atoms with Gasteiger partial charge in [0.05, 0.1) is 0 Å². The number of hydrogen-bond acceptors (Lipinski definition) is 0. The van der Waals surface area contributed by atoms with E-state index in [2.05, 4.69) is 38.1 Å². The monoisotopic (exact) mass is 424 g/mol. The fourth-order valence-electron chi connectivity index (χ4n) is 6.40. The zero-order valence-corrected chi connectivity index (χ0v) is 21.1. The standard InChI is InChI=1S/C31H52/c1-3-5-7-9-27-12-16-29(17-13-27)19-21-31-24-22-30(23-25-31)20-18-28-14-10-26(11-15-28)8-6-4-2/h10-11,14-15,27,29-31H,3-9,12-13,16-25H2,1-2H3/t27-,29-,30-,31-. The highest BCUT2D eigenvalue weighted by Crippen LogP contribution is 2.38. The summed E-state index contributed by atoms with van der Waals surface area (Å²) in [5, 5.41) is 0. The Morgan fingerprint density at radius 1 is 0.484 bits per heavy atom. The summed E-state index contributed by atoms with van der Waals surface area (Å²) in [4.78, 5) is 0. The van der Waals surface area contributed by atoms with Gasteiger partial charge in [0.25, 0.3) is 0 Å². The molecule has 2 aliphatic rings. The third-order valence-corrected chi connectivity index (χ3v) is 8.81. The van der Waals surface area contributed by atoms with Crippen LogP contribution in [0.2, 0.25) is 0 Å². The van der Waals surface area contributed by atoms with Gasteiger partial charge in [-0.05, 0) is 60.5 Å². The highest BCUT2D eigenvalue weighted by Gasteiger charge is 2.24. The van der Waals surface area contributed by atoms with Gasteiger partial charge in [0, 0.05) is 0 Å². The quantitative estimate of drug-likeness (QED) is 0.276. The van der Waals surface area contributed by atoms with Crippen LogP contribution in [0.5, 0.6) is 0 Å². The average Bonchev–Trinajstić information content (AvgIpc) is 2.82. The van der Waals surface area contributed by atoms with Gasteiger partial charge < -0.3 is 0 Å². The summed E-state index contributed by atoms with van der Waals surface area (Å²) in [7, 11) is 0. The molecule has 1 aromatic carbocycles. The molecule has 2 fully saturated rings. The van der Waals surface area contributed by atoms with Crippen molar-refractivity contribution in [1.29, 1.82) is 0 Å². The van der Waals surface area contributed by atoms with Crippen molar-refractivity contribution < 1.29 is 0 Å². The molecule has 0 spiro atoms. The smallest absolute Gasteiger partial charge is 0.0276 e. The number of benzene rings is 1. The topological polar surface area (TPSA) is 0 Å². The van der Waals surface area contributed by atoms with Crippen molar-refractivity contribution in [1.82, 2.24) is 0 Å². The SMILES string of the molecule is CCCCC[C@H]1CC[C@H](CC[C@H]2CC[C@H](CCc3ccc(CCCC)cc3)CC2)CC1. The van der Waals surface area contributed by atoms with E-state index < -0.39 is 0 Å². The maximum Gasteiger partial charge on any atom is -0.0276 e. The summed E-state index contributed by atoms with van der Waals surface area (Å²) in [5.74, 6) is 4.19. The molecule has 0 radical (unpaired) electrons. The molecule has 2 aliphatic carbocycles. The lowest BCUT2D eigenvalue weighted by atomic mass is 9.74. The Morgan fingerprint density at radius 3 is 1.39 bits per heavy atom. The van der Waals surface area contributed by atoms with Crippen LogP contribution in [0.3, 0.4) is 0 Å². The lowest BCUT2D eigenvalue weighted by Crippen LogP contribution is -2.18. The van der Waals surface area contributed by atoms with Gasteiger partial charge in [-0.15, -0.1) is 0 Å². The first kappa shape index (κ1) is 24.9. The Labute approximate surface area is 195 Å². The molecule has 0 atom stereocenters. The summed E-state index contributed by atoms with van der Waals surface area (Å²) in [6.07, 6.45) is 27.7. The Bertz CT molecular complexity index is 554. The zero-order valence-electron chi connectivity index (χ0n) is 21.1.